The zero-order valence-electron chi connectivity index (χ0n) is 11.3. The smallest absolute Gasteiger partial charge is 0.151 e. The first-order valence-electron chi connectivity index (χ1n) is 6.26. The van der Waals surface area contributed by atoms with Crippen LogP contribution in [0.1, 0.15) is 28.9 Å². The molecule has 0 aliphatic heterocycles. The third kappa shape index (κ3) is 3.22. The molecule has 0 aliphatic carbocycles. The largest absolute Gasteiger partial charge is 0.368 e. The minimum Gasteiger partial charge on any atom is -0.368 e. The molecule has 0 amide bonds. The molecule has 0 bridgehead atoms. The minimum atomic E-state index is 0.183. The van der Waals surface area contributed by atoms with Gasteiger partial charge in [-0.25, -0.2) is 0 Å². The van der Waals surface area contributed by atoms with E-state index in [0.29, 0.717) is 5.56 Å². The maximum absolute atomic E-state index is 10.8. The van der Waals surface area contributed by atoms with Gasteiger partial charge in [-0.2, -0.15) is 0 Å². The lowest BCUT2D eigenvalue weighted by molar-refractivity contribution is 0.112. The maximum Gasteiger partial charge on any atom is 0.151 e. The second kappa shape index (κ2) is 6.42. The minimum absolute atomic E-state index is 0.183. The molecule has 0 saturated heterocycles. The van der Waals surface area contributed by atoms with E-state index in [2.05, 4.69) is 33.8 Å². The molecule has 4 heteroatoms. The van der Waals surface area contributed by atoms with E-state index >= 15 is 0 Å². The van der Waals surface area contributed by atoms with Crippen LogP contribution in [-0.2, 0) is 0 Å². The van der Waals surface area contributed by atoms with E-state index in [-0.39, 0.29) is 6.04 Å². The molecule has 0 aromatic heterocycles. The van der Waals surface area contributed by atoms with Crippen LogP contribution in [0.25, 0.3) is 0 Å². The Morgan fingerprint density at radius 1 is 1.25 bits per heavy atom. The highest BCUT2D eigenvalue weighted by Crippen LogP contribution is 2.29. The second-order valence-corrected chi connectivity index (χ2v) is 5.96. The molecule has 104 valence electrons. The van der Waals surface area contributed by atoms with Crippen molar-refractivity contribution in [3.05, 3.63) is 63.1 Å². The van der Waals surface area contributed by atoms with Crippen LogP contribution in [-0.4, -0.2) is 13.3 Å². The number of carbonyl (C=O) groups is 1. The van der Waals surface area contributed by atoms with Crippen LogP contribution in [0.4, 0.5) is 5.69 Å². The standard InChI is InChI=1S/C16H15BrClNO/c1-11(12-4-3-5-14(18)8-12)19(2)15-7-6-13(10-20)16(17)9-15/h3-11H,1-2H3. The number of benzene rings is 2. The molecule has 2 aromatic carbocycles. The zero-order valence-corrected chi connectivity index (χ0v) is 13.6. The van der Waals surface area contributed by atoms with Crippen molar-refractivity contribution in [3.8, 4) is 0 Å². The van der Waals surface area contributed by atoms with Gasteiger partial charge in [-0.3, -0.25) is 4.79 Å². The Balaban J connectivity index is 2.28. The molecular formula is C16H15BrClNO. The molecule has 20 heavy (non-hydrogen) atoms. The quantitative estimate of drug-likeness (QED) is 0.712. The van der Waals surface area contributed by atoms with Crippen molar-refractivity contribution in [1.82, 2.24) is 0 Å². The number of hydrogen-bond acceptors (Lipinski definition) is 2. The highest BCUT2D eigenvalue weighted by molar-refractivity contribution is 9.10. The van der Waals surface area contributed by atoms with Gasteiger partial charge in [-0.05, 0) is 58.7 Å². The summed E-state index contributed by atoms with van der Waals surface area (Å²) in [5, 5.41) is 0.736. The average molecular weight is 353 g/mol. The van der Waals surface area contributed by atoms with Gasteiger partial charge >= 0.3 is 0 Å². The summed E-state index contributed by atoms with van der Waals surface area (Å²) in [6.45, 7) is 2.12. The van der Waals surface area contributed by atoms with Crippen LogP contribution < -0.4 is 4.90 Å². The van der Waals surface area contributed by atoms with E-state index < -0.39 is 0 Å². The number of aldehydes is 1. The molecule has 0 spiro atoms. The molecule has 0 saturated carbocycles. The lowest BCUT2D eigenvalue weighted by Gasteiger charge is -2.28. The van der Waals surface area contributed by atoms with Crippen LogP contribution >= 0.6 is 27.5 Å². The summed E-state index contributed by atoms with van der Waals surface area (Å²) in [7, 11) is 2.02. The Morgan fingerprint density at radius 3 is 2.60 bits per heavy atom. The van der Waals surface area contributed by atoms with Crippen molar-refractivity contribution in [3.63, 3.8) is 0 Å². The van der Waals surface area contributed by atoms with Gasteiger partial charge in [0.1, 0.15) is 0 Å². The van der Waals surface area contributed by atoms with Crippen LogP contribution in [0, 0.1) is 0 Å². The van der Waals surface area contributed by atoms with Crippen LogP contribution in [0.5, 0.6) is 0 Å². The fraction of sp³-hybridized carbons (Fsp3) is 0.188. The van der Waals surface area contributed by atoms with E-state index in [0.717, 1.165) is 27.0 Å². The predicted molar refractivity (Wildman–Crippen MR) is 87.8 cm³/mol. The fourth-order valence-corrected chi connectivity index (χ4v) is 2.70. The summed E-state index contributed by atoms with van der Waals surface area (Å²) in [6.07, 6.45) is 0.842. The molecule has 0 heterocycles. The van der Waals surface area contributed by atoms with Crippen molar-refractivity contribution in [2.75, 3.05) is 11.9 Å². The molecule has 0 N–H and O–H groups in total. The molecule has 2 aromatic rings. The number of nitrogens with zero attached hydrogens (tertiary/aromatic N) is 1. The van der Waals surface area contributed by atoms with Crippen molar-refractivity contribution in [2.24, 2.45) is 0 Å². The van der Waals surface area contributed by atoms with Gasteiger partial charge in [0.25, 0.3) is 0 Å². The third-order valence-corrected chi connectivity index (χ3v) is 4.35. The van der Waals surface area contributed by atoms with E-state index in [1.54, 1.807) is 0 Å². The van der Waals surface area contributed by atoms with Crippen molar-refractivity contribution >= 4 is 39.5 Å². The Labute approximate surface area is 132 Å². The number of hydrogen-bond donors (Lipinski definition) is 0. The normalized spacial score (nSPS) is 12.0. The van der Waals surface area contributed by atoms with Gasteiger partial charge in [0.2, 0.25) is 0 Å². The van der Waals surface area contributed by atoms with Crippen molar-refractivity contribution in [1.29, 1.82) is 0 Å². The summed E-state index contributed by atoms with van der Waals surface area (Å²) >= 11 is 9.45. The first kappa shape index (κ1) is 15.1. The summed E-state index contributed by atoms with van der Waals surface area (Å²) in [5.74, 6) is 0. The van der Waals surface area contributed by atoms with Gasteiger partial charge in [0, 0.05) is 27.8 Å². The van der Waals surface area contributed by atoms with E-state index in [9.17, 15) is 4.79 Å². The van der Waals surface area contributed by atoms with Crippen molar-refractivity contribution in [2.45, 2.75) is 13.0 Å². The van der Waals surface area contributed by atoms with Crippen molar-refractivity contribution < 1.29 is 4.79 Å². The number of carbonyl (C=O) groups excluding carboxylic acids is 1. The lowest BCUT2D eigenvalue weighted by Crippen LogP contribution is -2.21. The van der Waals surface area contributed by atoms with Gasteiger partial charge in [-0.15, -0.1) is 0 Å². The number of anilines is 1. The highest BCUT2D eigenvalue weighted by atomic mass is 79.9. The molecule has 0 fully saturated rings. The zero-order chi connectivity index (χ0) is 14.7. The van der Waals surface area contributed by atoms with Crippen LogP contribution in [0.15, 0.2) is 46.9 Å². The molecule has 1 unspecified atom stereocenters. The Morgan fingerprint density at radius 2 is 2.00 bits per heavy atom. The molecule has 2 nitrogen and oxygen atoms in total. The summed E-state index contributed by atoms with van der Waals surface area (Å²) in [6, 6.07) is 13.7. The Bertz CT molecular complexity index is 630. The van der Waals surface area contributed by atoms with E-state index in [4.69, 9.17) is 11.6 Å². The molecule has 1 atom stereocenters. The summed E-state index contributed by atoms with van der Waals surface area (Å²) in [4.78, 5) is 13.0. The highest BCUT2D eigenvalue weighted by Gasteiger charge is 2.13. The van der Waals surface area contributed by atoms with Gasteiger partial charge < -0.3 is 4.90 Å². The van der Waals surface area contributed by atoms with Crippen LogP contribution in [0.2, 0.25) is 5.02 Å². The van der Waals surface area contributed by atoms with E-state index in [1.165, 1.54) is 0 Å². The third-order valence-electron chi connectivity index (χ3n) is 3.43. The topological polar surface area (TPSA) is 20.3 Å². The average Bonchev–Trinajstić information content (AvgIpc) is 2.45. The SMILES string of the molecule is CC(c1cccc(Cl)c1)N(C)c1ccc(C=O)c(Br)c1. The fourth-order valence-electron chi connectivity index (χ4n) is 2.04. The molecule has 2 rings (SSSR count). The van der Waals surface area contributed by atoms with Gasteiger partial charge in [0.05, 0.1) is 6.04 Å². The predicted octanol–water partition coefficient (Wildman–Crippen LogP) is 5.11. The number of rotatable bonds is 4. The summed E-state index contributed by atoms with van der Waals surface area (Å²) in [5.41, 5.74) is 2.84. The first-order chi connectivity index (χ1) is 9.52. The monoisotopic (exact) mass is 351 g/mol. The molecular weight excluding hydrogens is 338 g/mol. The summed E-state index contributed by atoms with van der Waals surface area (Å²) < 4.78 is 0.801. The molecule has 0 aliphatic rings. The van der Waals surface area contributed by atoms with Gasteiger partial charge in [-0.1, -0.05) is 23.7 Å². The second-order valence-electron chi connectivity index (χ2n) is 4.67. The lowest BCUT2D eigenvalue weighted by atomic mass is 10.1. The Hall–Kier alpha value is -1.32. The van der Waals surface area contributed by atoms with Gasteiger partial charge in [0.15, 0.2) is 6.29 Å². The first-order valence-corrected chi connectivity index (χ1v) is 7.43. The Kier molecular flexibility index (Phi) is 4.84. The van der Waals surface area contributed by atoms with E-state index in [1.807, 2.05) is 43.4 Å². The van der Waals surface area contributed by atoms with Crippen LogP contribution in [0.3, 0.4) is 0 Å². The molecule has 0 radical (unpaired) electrons. The number of halogens is 2. The maximum atomic E-state index is 10.8.